The van der Waals surface area contributed by atoms with E-state index in [0.717, 1.165) is 212 Å². The van der Waals surface area contributed by atoms with Crippen LogP contribution in [0.4, 0.5) is 42.9 Å². The molecule has 2 heterocycles. The van der Waals surface area contributed by atoms with Crippen molar-refractivity contribution in [1.29, 1.82) is 0 Å². The number of hydrogen-bond donors (Lipinski definition) is 0. The summed E-state index contributed by atoms with van der Waals surface area (Å²) in [6.45, 7) is 7.95. The van der Waals surface area contributed by atoms with Crippen LogP contribution in [0.1, 0.15) is 77.9 Å². The van der Waals surface area contributed by atoms with Gasteiger partial charge in [-0.3, -0.25) is 0 Å². The quantitative estimate of drug-likeness (QED) is 0.0853. The van der Waals surface area contributed by atoms with Crippen molar-refractivity contribution in [3.05, 3.63) is 552 Å². The summed E-state index contributed by atoms with van der Waals surface area (Å²) < 4.78 is 57.5. The zero-order valence-corrected chi connectivity index (χ0v) is 73.1. The lowest BCUT2D eigenvalue weighted by Crippen LogP contribution is -2.29. The van der Waals surface area contributed by atoms with Gasteiger partial charge in [-0.05, 0) is 327 Å². The maximum Gasteiger partial charge on any atom is 0.135 e. The van der Waals surface area contributed by atoms with Crippen molar-refractivity contribution >= 4 is 90.2 Å². The molecule has 8 heteroatoms. The fourth-order valence-electron chi connectivity index (χ4n) is 22.7. The Morgan fingerprint density at radius 3 is 0.807 bits per heavy atom. The lowest BCUT2D eigenvalue weighted by Gasteiger charge is -2.36. The molecule has 1 spiro atoms. The molecular formula is C127H80F2N2O4. The Kier molecular flexibility index (Phi) is 18.0. The predicted octanol–water partition coefficient (Wildman–Crippen LogP) is 34.0. The maximum absolute atomic E-state index is 15.8. The largest absolute Gasteiger partial charge is 0.457 e. The molecule has 0 saturated carbocycles. The number of furan rings is 2. The monoisotopic (exact) mass is 1730 g/mol. The van der Waals surface area contributed by atoms with E-state index in [4.69, 9.17) is 18.3 Å². The second-order valence-electron chi connectivity index (χ2n) is 35.5. The van der Waals surface area contributed by atoms with Gasteiger partial charge in [0.05, 0.1) is 16.2 Å². The molecule has 26 rings (SSSR count). The van der Waals surface area contributed by atoms with Gasteiger partial charge in [-0.15, -0.1) is 0 Å². The van der Waals surface area contributed by atoms with Gasteiger partial charge in [-0.1, -0.05) is 292 Å². The summed E-state index contributed by atoms with van der Waals surface area (Å²) in [5.41, 5.74) is 34.0. The number of nitrogens with zero attached hydrogens (tertiary/aromatic N) is 2. The Morgan fingerprint density at radius 1 is 0.215 bits per heavy atom. The molecule has 135 heavy (non-hydrogen) atoms. The van der Waals surface area contributed by atoms with E-state index in [1.54, 1.807) is 24.3 Å². The first-order valence-corrected chi connectivity index (χ1v) is 45.7. The molecule has 0 bridgehead atoms. The van der Waals surface area contributed by atoms with Gasteiger partial charge >= 0.3 is 0 Å². The molecule has 2 atom stereocenters. The molecule has 6 nitrogen and oxygen atoms in total. The zero-order valence-electron chi connectivity index (χ0n) is 73.1. The smallest absolute Gasteiger partial charge is 0.135 e. The highest BCUT2D eigenvalue weighted by Crippen LogP contribution is 2.66. The molecule has 636 valence electrons. The number of anilines is 6. The lowest BCUT2D eigenvalue weighted by molar-refractivity contribution is 0.482. The van der Waals surface area contributed by atoms with E-state index in [1.165, 1.54) is 11.1 Å². The van der Waals surface area contributed by atoms with Crippen LogP contribution in [0.15, 0.2) is 471 Å². The number of halogens is 2. The van der Waals surface area contributed by atoms with Gasteiger partial charge in [0.15, 0.2) is 0 Å². The second kappa shape index (κ2) is 30.9. The zero-order chi connectivity index (χ0) is 89.8. The molecule has 2 aromatic heterocycles. The highest BCUT2D eigenvalue weighted by molar-refractivity contribution is 6.08. The number of fused-ring (bicyclic) bond motifs is 22. The second-order valence-corrected chi connectivity index (χ2v) is 35.5. The molecule has 20 aromatic carbocycles. The molecular weight excluding hydrogens is 1660 g/mol. The van der Waals surface area contributed by atoms with E-state index in [-0.39, 0.29) is 11.6 Å². The first kappa shape index (κ1) is 78.6. The average Bonchev–Trinajstić information content (AvgIpc) is 1.51. The van der Waals surface area contributed by atoms with Crippen LogP contribution in [0.2, 0.25) is 0 Å². The first-order valence-electron chi connectivity index (χ1n) is 45.7. The van der Waals surface area contributed by atoms with Crippen molar-refractivity contribution < 1.29 is 27.1 Å². The fraction of sp³-hybridized carbons (Fsp3) is 0.0236. The van der Waals surface area contributed by atoms with Crippen molar-refractivity contribution in [2.75, 3.05) is 9.80 Å². The summed E-state index contributed by atoms with van der Waals surface area (Å²) >= 11 is 0. The number of hydrogen-bond acceptors (Lipinski definition) is 6. The molecule has 0 N–H and O–H groups in total. The SMILES string of the molecule is C=Cc1ccc(Oc2ccc(C3(c4ccc(F)cc4)c4ccccc4-c4ccc(N(c5ccc(-c6ccc7oc8ccccc8c7c6)cc5)c5ccc6c(c5)C5(c7ccccc7-6)c6ccccc6-c6ccc(N(c7ccc(-c8ccc9oc%10ccccc%10c9c8)cc7)c7ccc8c(c7)C(c7ccc(F)cc7)(c7ccc(Oc9ccc(C=C)cc9)cc7)c7ccccc7-8)cc65)cc43)cc2)cc1. The Labute approximate surface area is 779 Å². The van der Waals surface area contributed by atoms with E-state index < -0.39 is 16.2 Å². The minimum atomic E-state index is -0.955. The summed E-state index contributed by atoms with van der Waals surface area (Å²) in [5, 5.41) is 4.25. The van der Waals surface area contributed by atoms with Crippen LogP contribution in [-0.4, -0.2) is 0 Å². The standard InChI is InChI=1S/C127H80F2N2O4/c1-3-79-29-59-97(60-30-79)132-99-63-43-87(44-64-99)125(85-39-47-89(128)48-40-85)113-23-11-5-17-101(113)105-67-55-93(75-117(105)125)130(91-51-33-81(34-52-91)83-37-71-123-111(73-83)109-21-9-15-27-121(109)134-123)95-57-69-107-103-19-7-13-25-115(103)127(119(107)77-95)116-26-14-8-20-104(116)108-70-58-96(78-120(108)127)131(92-53-35-82(36-54-92)84-38-72-124-112(74-84)110-22-10-16-28-122(110)135-124)94-56-68-106-102-18-6-12-24-114(102)126(118(106)76-94,86-41-49-90(129)50-42-86)88-45-65-100(66-46-88)133-98-61-31-80(4-2)32-62-98/h3-78H,1-2H2. The molecule has 4 aliphatic carbocycles. The Balaban J connectivity index is 0.672. The molecule has 0 amide bonds. The van der Waals surface area contributed by atoms with Gasteiger partial charge in [0, 0.05) is 55.7 Å². The Bertz CT molecular complexity index is 8090. The van der Waals surface area contributed by atoms with Crippen molar-refractivity contribution in [2.45, 2.75) is 16.2 Å². The molecule has 0 saturated heterocycles. The molecule has 22 aromatic rings. The van der Waals surface area contributed by atoms with Gasteiger partial charge in [0.25, 0.3) is 0 Å². The molecule has 2 unspecified atom stereocenters. The number of ether oxygens (including phenoxy) is 2. The lowest BCUT2D eigenvalue weighted by atomic mass is 9.67. The summed E-state index contributed by atoms with van der Waals surface area (Å²) in [6, 6.07) is 158. The van der Waals surface area contributed by atoms with E-state index in [0.29, 0.717) is 23.0 Å². The van der Waals surface area contributed by atoms with E-state index >= 15 is 8.78 Å². The summed E-state index contributed by atoms with van der Waals surface area (Å²) in [7, 11) is 0. The van der Waals surface area contributed by atoms with Gasteiger partial charge in [0.2, 0.25) is 0 Å². The topological polar surface area (TPSA) is 51.2 Å². The van der Waals surface area contributed by atoms with Crippen molar-refractivity contribution in [2.24, 2.45) is 0 Å². The van der Waals surface area contributed by atoms with Crippen LogP contribution >= 0.6 is 0 Å². The summed E-state index contributed by atoms with van der Waals surface area (Å²) in [4.78, 5) is 4.87. The minimum absolute atomic E-state index is 0.319. The van der Waals surface area contributed by atoms with Crippen LogP contribution in [-0.2, 0) is 16.2 Å². The maximum atomic E-state index is 15.8. The normalized spacial score (nSPS) is 15.5. The van der Waals surface area contributed by atoms with Crippen molar-refractivity contribution in [1.82, 2.24) is 0 Å². The Hall–Kier alpha value is -17.5. The van der Waals surface area contributed by atoms with Crippen LogP contribution in [0.3, 0.4) is 0 Å². The molecule has 0 radical (unpaired) electrons. The third kappa shape index (κ3) is 12.2. The van der Waals surface area contributed by atoms with Crippen molar-refractivity contribution in [3.63, 3.8) is 0 Å². The predicted molar refractivity (Wildman–Crippen MR) is 545 cm³/mol. The number of rotatable bonds is 18. The third-order valence-electron chi connectivity index (χ3n) is 28.6. The van der Waals surface area contributed by atoms with Gasteiger partial charge in [0.1, 0.15) is 57.0 Å². The fourth-order valence-corrected chi connectivity index (χ4v) is 22.7. The summed E-state index contributed by atoms with van der Waals surface area (Å²) in [5.74, 6) is 2.14. The number of para-hydroxylation sites is 2. The third-order valence-corrected chi connectivity index (χ3v) is 28.6. The average molecular weight is 1740 g/mol. The molecule has 0 fully saturated rings. The van der Waals surface area contributed by atoms with Gasteiger partial charge in [-0.2, -0.15) is 0 Å². The summed E-state index contributed by atoms with van der Waals surface area (Å²) in [6.07, 6.45) is 3.65. The molecule has 4 aliphatic rings. The van der Waals surface area contributed by atoms with Crippen LogP contribution in [0.5, 0.6) is 23.0 Å². The van der Waals surface area contributed by atoms with Crippen molar-refractivity contribution in [3.8, 4) is 89.8 Å². The molecule has 0 aliphatic heterocycles. The van der Waals surface area contributed by atoms with E-state index in [9.17, 15) is 0 Å². The van der Waals surface area contributed by atoms with Crippen LogP contribution in [0, 0.1) is 11.6 Å². The Morgan fingerprint density at radius 2 is 0.474 bits per heavy atom. The van der Waals surface area contributed by atoms with Gasteiger partial charge < -0.3 is 28.1 Å². The van der Waals surface area contributed by atoms with Gasteiger partial charge in [-0.25, -0.2) is 8.78 Å². The minimum Gasteiger partial charge on any atom is -0.457 e. The van der Waals surface area contributed by atoms with E-state index in [1.807, 2.05) is 133 Å². The first-order chi connectivity index (χ1) is 66.5. The highest BCUT2D eigenvalue weighted by Gasteiger charge is 2.54. The van der Waals surface area contributed by atoms with Crippen LogP contribution in [0.25, 0.3) is 123 Å². The van der Waals surface area contributed by atoms with Crippen LogP contribution < -0.4 is 19.3 Å². The van der Waals surface area contributed by atoms with E-state index in [2.05, 4.69) is 326 Å². The number of benzene rings is 20. The highest BCUT2D eigenvalue weighted by atomic mass is 19.1.